The summed E-state index contributed by atoms with van der Waals surface area (Å²) >= 11 is 0. The average Bonchev–Trinajstić information content (AvgIpc) is 3.03. The van der Waals surface area contributed by atoms with Crippen LogP contribution in [0, 0.1) is 5.92 Å². The lowest BCUT2D eigenvalue weighted by Crippen LogP contribution is -2.13. The topological polar surface area (TPSA) is 73.1 Å². The molecular weight excluding hydrogens is 248 g/mol. The van der Waals surface area contributed by atoms with Gasteiger partial charge in [-0.3, -0.25) is 4.40 Å². The number of imidazole rings is 1. The zero-order valence-electron chi connectivity index (χ0n) is 10.3. The fourth-order valence-corrected chi connectivity index (χ4v) is 2.18. The number of aromatic carboxylic acids is 1. The second-order valence-electron chi connectivity index (χ2n) is 4.54. The maximum absolute atomic E-state index is 11.3. The van der Waals surface area contributed by atoms with Crippen molar-refractivity contribution < 1.29 is 19.4 Å². The number of nitrogens with zero attached hydrogens (tertiary/aromatic N) is 2. The molecule has 0 spiro atoms. The number of carbonyl (C=O) groups is 1. The summed E-state index contributed by atoms with van der Waals surface area (Å²) in [6.07, 6.45) is 2.60. The van der Waals surface area contributed by atoms with Gasteiger partial charge < -0.3 is 14.6 Å². The summed E-state index contributed by atoms with van der Waals surface area (Å²) in [7, 11) is 0. The first-order valence-corrected chi connectivity index (χ1v) is 6.16. The van der Waals surface area contributed by atoms with Crippen molar-refractivity contribution in [1.82, 2.24) is 9.38 Å². The third kappa shape index (κ3) is 2.26. The zero-order valence-corrected chi connectivity index (χ0v) is 10.3. The Morgan fingerprint density at radius 1 is 1.58 bits per heavy atom. The standard InChI is InChI=1S/C13H14N2O4/c16-13(17)11-12(19-8-9-4-6-18-7-9)14-10-3-1-2-5-15(10)11/h1-3,5,9H,4,6-8H2,(H,16,17). The van der Waals surface area contributed by atoms with Gasteiger partial charge in [0.25, 0.3) is 0 Å². The summed E-state index contributed by atoms with van der Waals surface area (Å²) < 4.78 is 12.4. The molecule has 19 heavy (non-hydrogen) atoms. The summed E-state index contributed by atoms with van der Waals surface area (Å²) in [5.41, 5.74) is 0.632. The van der Waals surface area contributed by atoms with E-state index in [0.29, 0.717) is 24.8 Å². The first kappa shape index (κ1) is 12.0. The SMILES string of the molecule is O=C(O)c1c(OCC2CCOC2)nc2ccccn12. The van der Waals surface area contributed by atoms with E-state index in [0.717, 1.165) is 13.0 Å². The zero-order chi connectivity index (χ0) is 13.2. The van der Waals surface area contributed by atoms with Crippen LogP contribution in [0.1, 0.15) is 16.9 Å². The van der Waals surface area contributed by atoms with E-state index in [1.165, 1.54) is 4.40 Å². The quantitative estimate of drug-likeness (QED) is 0.902. The first-order valence-electron chi connectivity index (χ1n) is 6.16. The molecule has 1 atom stereocenters. The highest BCUT2D eigenvalue weighted by Crippen LogP contribution is 2.22. The molecule has 3 rings (SSSR count). The highest BCUT2D eigenvalue weighted by atomic mass is 16.5. The van der Waals surface area contributed by atoms with Gasteiger partial charge in [-0.15, -0.1) is 0 Å². The van der Waals surface area contributed by atoms with Crippen molar-refractivity contribution in [1.29, 1.82) is 0 Å². The Morgan fingerprint density at radius 3 is 3.21 bits per heavy atom. The highest BCUT2D eigenvalue weighted by Gasteiger charge is 2.22. The monoisotopic (exact) mass is 262 g/mol. The Bertz CT molecular complexity index is 602. The minimum absolute atomic E-state index is 0.0644. The van der Waals surface area contributed by atoms with Gasteiger partial charge in [0.15, 0.2) is 5.69 Å². The van der Waals surface area contributed by atoms with Crippen molar-refractivity contribution in [3.8, 4) is 5.88 Å². The van der Waals surface area contributed by atoms with Crippen LogP contribution in [0.25, 0.3) is 5.65 Å². The maximum Gasteiger partial charge on any atom is 0.358 e. The Kier molecular flexibility index (Phi) is 3.08. The molecule has 0 bridgehead atoms. The second-order valence-corrected chi connectivity index (χ2v) is 4.54. The molecule has 1 fully saturated rings. The first-order chi connectivity index (χ1) is 9.25. The minimum Gasteiger partial charge on any atom is -0.476 e. The van der Waals surface area contributed by atoms with Crippen LogP contribution in [-0.2, 0) is 4.74 Å². The maximum atomic E-state index is 11.3. The van der Waals surface area contributed by atoms with Crippen LogP contribution in [0.2, 0.25) is 0 Å². The van der Waals surface area contributed by atoms with E-state index >= 15 is 0 Å². The summed E-state index contributed by atoms with van der Waals surface area (Å²) in [5.74, 6) is -0.562. The van der Waals surface area contributed by atoms with Crippen LogP contribution in [0.5, 0.6) is 5.88 Å². The van der Waals surface area contributed by atoms with Gasteiger partial charge in [-0.05, 0) is 18.6 Å². The molecule has 0 radical (unpaired) electrons. The van der Waals surface area contributed by atoms with Gasteiger partial charge in [0.2, 0.25) is 5.88 Å². The van der Waals surface area contributed by atoms with Crippen molar-refractivity contribution in [2.75, 3.05) is 19.8 Å². The van der Waals surface area contributed by atoms with Gasteiger partial charge in [0.05, 0.1) is 13.2 Å². The fourth-order valence-electron chi connectivity index (χ4n) is 2.18. The summed E-state index contributed by atoms with van der Waals surface area (Å²) in [4.78, 5) is 15.5. The van der Waals surface area contributed by atoms with Crippen molar-refractivity contribution in [3.05, 3.63) is 30.1 Å². The van der Waals surface area contributed by atoms with E-state index < -0.39 is 5.97 Å². The fraction of sp³-hybridized carbons (Fsp3) is 0.385. The van der Waals surface area contributed by atoms with Crippen molar-refractivity contribution in [2.45, 2.75) is 6.42 Å². The number of hydrogen-bond donors (Lipinski definition) is 1. The number of carboxylic acids is 1. The van der Waals surface area contributed by atoms with E-state index in [-0.39, 0.29) is 11.6 Å². The van der Waals surface area contributed by atoms with Crippen LogP contribution in [0.4, 0.5) is 0 Å². The van der Waals surface area contributed by atoms with Crippen molar-refractivity contribution >= 4 is 11.6 Å². The lowest BCUT2D eigenvalue weighted by Gasteiger charge is -2.08. The van der Waals surface area contributed by atoms with Crippen molar-refractivity contribution in [3.63, 3.8) is 0 Å². The molecule has 6 nitrogen and oxygen atoms in total. The van der Waals surface area contributed by atoms with Crippen LogP contribution in [0.3, 0.4) is 0 Å². The summed E-state index contributed by atoms with van der Waals surface area (Å²) in [6.45, 7) is 1.84. The molecule has 100 valence electrons. The van der Waals surface area contributed by atoms with Crippen molar-refractivity contribution in [2.24, 2.45) is 5.92 Å². The molecule has 1 unspecified atom stereocenters. The van der Waals surface area contributed by atoms with Gasteiger partial charge in [-0.1, -0.05) is 6.07 Å². The Hall–Kier alpha value is -2.08. The number of aromatic nitrogens is 2. The Balaban J connectivity index is 1.88. The lowest BCUT2D eigenvalue weighted by molar-refractivity contribution is 0.0682. The van der Waals surface area contributed by atoms with Gasteiger partial charge in [-0.25, -0.2) is 4.79 Å². The molecule has 6 heteroatoms. The van der Waals surface area contributed by atoms with Gasteiger partial charge in [0.1, 0.15) is 5.65 Å². The van der Waals surface area contributed by atoms with E-state index in [2.05, 4.69) is 4.98 Å². The largest absolute Gasteiger partial charge is 0.476 e. The molecule has 1 saturated heterocycles. The highest BCUT2D eigenvalue weighted by molar-refractivity contribution is 5.89. The smallest absolute Gasteiger partial charge is 0.358 e. The van der Waals surface area contributed by atoms with Crippen LogP contribution in [-0.4, -0.2) is 40.3 Å². The van der Waals surface area contributed by atoms with Crippen LogP contribution >= 0.6 is 0 Å². The van der Waals surface area contributed by atoms with E-state index in [1.54, 1.807) is 18.3 Å². The van der Waals surface area contributed by atoms with Gasteiger partial charge >= 0.3 is 5.97 Å². The van der Waals surface area contributed by atoms with Gasteiger partial charge in [-0.2, -0.15) is 4.98 Å². The van der Waals surface area contributed by atoms with E-state index in [9.17, 15) is 9.90 Å². The molecule has 3 heterocycles. The molecule has 0 aliphatic carbocycles. The molecule has 1 aliphatic heterocycles. The summed E-state index contributed by atoms with van der Waals surface area (Å²) in [5, 5.41) is 9.28. The molecule has 2 aromatic heterocycles. The predicted molar refractivity (Wildman–Crippen MR) is 66.6 cm³/mol. The Morgan fingerprint density at radius 2 is 2.47 bits per heavy atom. The average molecular weight is 262 g/mol. The van der Waals surface area contributed by atoms with Crippen LogP contribution in [0.15, 0.2) is 24.4 Å². The molecule has 1 N–H and O–H groups in total. The molecule has 2 aromatic rings. The number of ether oxygens (including phenoxy) is 2. The number of rotatable bonds is 4. The molecular formula is C13H14N2O4. The van der Waals surface area contributed by atoms with Gasteiger partial charge in [0, 0.05) is 18.7 Å². The second kappa shape index (κ2) is 4.89. The van der Waals surface area contributed by atoms with Crippen LogP contribution < -0.4 is 4.74 Å². The van der Waals surface area contributed by atoms with E-state index in [4.69, 9.17) is 9.47 Å². The van der Waals surface area contributed by atoms with E-state index in [1.807, 2.05) is 6.07 Å². The number of pyridine rings is 1. The number of carboxylic acid groups (broad SMARTS) is 1. The lowest BCUT2D eigenvalue weighted by atomic mass is 10.1. The summed E-state index contributed by atoms with van der Waals surface area (Å²) in [6, 6.07) is 5.32. The third-order valence-electron chi connectivity index (χ3n) is 3.18. The Labute approximate surface area is 109 Å². The molecule has 0 saturated carbocycles. The minimum atomic E-state index is -1.05. The molecule has 1 aliphatic rings. The third-order valence-corrected chi connectivity index (χ3v) is 3.18. The predicted octanol–water partition coefficient (Wildman–Crippen LogP) is 1.45. The molecule has 0 amide bonds. The normalized spacial score (nSPS) is 18.8. The number of fused-ring (bicyclic) bond motifs is 1. The number of hydrogen-bond acceptors (Lipinski definition) is 4. The molecule has 0 aromatic carbocycles.